The molecule has 0 saturated carbocycles. The van der Waals surface area contributed by atoms with Crippen molar-refractivity contribution in [1.29, 1.82) is 0 Å². The molecule has 25 heavy (non-hydrogen) atoms. The fourth-order valence-corrected chi connectivity index (χ4v) is 3.15. The van der Waals surface area contributed by atoms with Crippen molar-refractivity contribution in [1.82, 2.24) is 0 Å². The summed E-state index contributed by atoms with van der Waals surface area (Å²) in [6.45, 7) is 3.99. The molecule has 0 aliphatic carbocycles. The van der Waals surface area contributed by atoms with Crippen LogP contribution in [0.2, 0.25) is 0 Å². The summed E-state index contributed by atoms with van der Waals surface area (Å²) >= 11 is 0. The molecular weight excluding hydrogens is 340 g/mol. The molecule has 0 atom stereocenters. The van der Waals surface area contributed by atoms with Gasteiger partial charge in [-0.25, -0.2) is 13.6 Å². The lowest BCUT2D eigenvalue weighted by Gasteiger charge is -2.06. The van der Waals surface area contributed by atoms with Crippen molar-refractivity contribution in [2.45, 2.75) is 25.2 Å². The molecule has 1 amide bonds. The first kappa shape index (κ1) is 17.2. The number of hydrogen-bond acceptors (Lipinski definition) is 4. The Balaban J connectivity index is 1.76. The number of primary sulfonamides is 1. The number of amides is 1. The van der Waals surface area contributed by atoms with Gasteiger partial charge in [-0.3, -0.25) is 4.79 Å². The van der Waals surface area contributed by atoms with Gasteiger partial charge in [0.15, 0.2) is 0 Å². The molecule has 0 fully saturated rings. The van der Waals surface area contributed by atoms with Crippen LogP contribution in [0.4, 0.5) is 5.69 Å². The van der Waals surface area contributed by atoms with Gasteiger partial charge in [0.1, 0.15) is 5.58 Å². The fraction of sp³-hybridized carbons (Fsp3) is 0.167. The molecule has 1 aromatic heterocycles. The lowest BCUT2D eigenvalue weighted by Crippen LogP contribution is -2.15. The lowest BCUT2D eigenvalue weighted by molar-refractivity contribution is -0.115. The highest BCUT2D eigenvalue weighted by Crippen LogP contribution is 2.27. The number of rotatable bonds is 4. The van der Waals surface area contributed by atoms with Gasteiger partial charge in [0.05, 0.1) is 17.6 Å². The first-order valence-corrected chi connectivity index (χ1v) is 9.19. The topological polar surface area (TPSA) is 102 Å². The van der Waals surface area contributed by atoms with Gasteiger partial charge in [-0.2, -0.15) is 0 Å². The molecule has 3 rings (SSSR count). The predicted octanol–water partition coefficient (Wildman–Crippen LogP) is 2.88. The van der Waals surface area contributed by atoms with Gasteiger partial charge in [-0.15, -0.1) is 0 Å². The summed E-state index contributed by atoms with van der Waals surface area (Å²) in [6, 6.07) is 9.65. The van der Waals surface area contributed by atoms with Gasteiger partial charge in [-0.1, -0.05) is 12.1 Å². The van der Waals surface area contributed by atoms with Crippen molar-refractivity contribution >= 4 is 32.6 Å². The highest BCUT2D eigenvalue weighted by atomic mass is 32.2. The smallest absolute Gasteiger partial charge is 0.238 e. The van der Waals surface area contributed by atoms with E-state index in [1.54, 1.807) is 6.26 Å². The van der Waals surface area contributed by atoms with E-state index < -0.39 is 10.0 Å². The zero-order chi connectivity index (χ0) is 18.2. The maximum atomic E-state index is 12.3. The third-order valence-corrected chi connectivity index (χ3v) is 5.09. The molecule has 7 heteroatoms. The largest absolute Gasteiger partial charge is 0.464 e. The third kappa shape index (κ3) is 3.57. The van der Waals surface area contributed by atoms with E-state index in [0.717, 1.165) is 27.7 Å². The summed E-state index contributed by atoms with van der Waals surface area (Å²) < 4.78 is 28.1. The van der Waals surface area contributed by atoms with Crippen LogP contribution < -0.4 is 10.5 Å². The highest BCUT2D eigenvalue weighted by Gasteiger charge is 2.13. The third-order valence-electron chi connectivity index (χ3n) is 4.16. The summed E-state index contributed by atoms with van der Waals surface area (Å²) in [7, 11) is -3.75. The number of hydrogen-bond donors (Lipinski definition) is 2. The Morgan fingerprint density at radius 3 is 2.44 bits per heavy atom. The average molecular weight is 358 g/mol. The molecule has 3 N–H and O–H groups in total. The SMILES string of the molecule is Cc1ccc2c(CC(=O)Nc3ccc(S(N)(=O)=O)cc3)coc2c1C. The van der Waals surface area contributed by atoms with Gasteiger partial charge in [0.25, 0.3) is 0 Å². The maximum Gasteiger partial charge on any atom is 0.238 e. The molecule has 3 aromatic rings. The Morgan fingerprint density at radius 2 is 1.80 bits per heavy atom. The van der Waals surface area contributed by atoms with Crippen LogP contribution >= 0.6 is 0 Å². The molecule has 1 heterocycles. The zero-order valence-corrected chi connectivity index (χ0v) is 14.7. The van der Waals surface area contributed by atoms with Crippen LogP contribution in [0.15, 0.2) is 52.0 Å². The first-order chi connectivity index (χ1) is 11.8. The molecule has 6 nitrogen and oxygen atoms in total. The molecule has 0 aliphatic heterocycles. The van der Waals surface area contributed by atoms with Crippen LogP contribution in [0.5, 0.6) is 0 Å². The number of nitrogens with two attached hydrogens (primary N) is 1. The number of fused-ring (bicyclic) bond motifs is 1. The number of furan rings is 1. The number of carbonyl (C=O) groups is 1. The minimum atomic E-state index is -3.75. The Morgan fingerprint density at radius 1 is 1.12 bits per heavy atom. The second kappa shape index (κ2) is 6.34. The Kier molecular flexibility index (Phi) is 4.36. The zero-order valence-electron chi connectivity index (χ0n) is 13.9. The van der Waals surface area contributed by atoms with E-state index >= 15 is 0 Å². The number of sulfonamides is 1. The van der Waals surface area contributed by atoms with E-state index in [1.165, 1.54) is 24.3 Å². The van der Waals surface area contributed by atoms with Crippen molar-refractivity contribution in [3.63, 3.8) is 0 Å². The molecule has 2 aromatic carbocycles. The van der Waals surface area contributed by atoms with Crippen molar-refractivity contribution in [2.75, 3.05) is 5.32 Å². The van der Waals surface area contributed by atoms with Gasteiger partial charge in [0.2, 0.25) is 15.9 Å². The summed E-state index contributed by atoms with van der Waals surface area (Å²) in [5.74, 6) is -0.218. The van der Waals surface area contributed by atoms with Crippen LogP contribution in [0.1, 0.15) is 16.7 Å². The van der Waals surface area contributed by atoms with Crippen LogP contribution in [0.25, 0.3) is 11.0 Å². The minimum absolute atomic E-state index is 0.00262. The van der Waals surface area contributed by atoms with E-state index in [0.29, 0.717) is 5.69 Å². The lowest BCUT2D eigenvalue weighted by atomic mass is 10.0. The molecule has 0 aliphatic rings. The average Bonchev–Trinajstić information content (AvgIpc) is 2.94. The number of benzene rings is 2. The Hall–Kier alpha value is -2.64. The Bertz CT molecular complexity index is 1050. The van der Waals surface area contributed by atoms with E-state index in [4.69, 9.17) is 9.56 Å². The van der Waals surface area contributed by atoms with Gasteiger partial charge >= 0.3 is 0 Å². The summed E-state index contributed by atoms with van der Waals surface area (Å²) in [5.41, 5.74) is 4.28. The second-order valence-electron chi connectivity index (χ2n) is 5.94. The van der Waals surface area contributed by atoms with E-state index in [-0.39, 0.29) is 17.2 Å². The van der Waals surface area contributed by atoms with Crippen LogP contribution in [0.3, 0.4) is 0 Å². The van der Waals surface area contributed by atoms with Crippen molar-refractivity contribution in [2.24, 2.45) is 5.14 Å². The van der Waals surface area contributed by atoms with Crippen molar-refractivity contribution in [3.8, 4) is 0 Å². The molecule has 0 bridgehead atoms. The predicted molar refractivity (Wildman–Crippen MR) is 95.8 cm³/mol. The van der Waals surface area contributed by atoms with Crippen molar-refractivity contribution in [3.05, 3.63) is 59.4 Å². The summed E-state index contributed by atoms with van der Waals surface area (Å²) in [6.07, 6.45) is 1.76. The number of carbonyl (C=O) groups excluding carboxylic acids is 1. The Labute approximate surface area is 145 Å². The van der Waals surface area contributed by atoms with Crippen molar-refractivity contribution < 1.29 is 17.6 Å². The van der Waals surface area contributed by atoms with Crippen LogP contribution in [0, 0.1) is 13.8 Å². The fourth-order valence-electron chi connectivity index (χ4n) is 2.63. The first-order valence-electron chi connectivity index (χ1n) is 7.64. The summed E-state index contributed by atoms with van der Waals surface area (Å²) in [5, 5.41) is 8.70. The minimum Gasteiger partial charge on any atom is -0.464 e. The normalized spacial score (nSPS) is 11.6. The van der Waals surface area contributed by atoms with Crippen LogP contribution in [-0.2, 0) is 21.2 Å². The van der Waals surface area contributed by atoms with E-state index in [1.807, 2.05) is 26.0 Å². The molecule has 0 radical (unpaired) electrons. The second-order valence-corrected chi connectivity index (χ2v) is 7.50. The molecule has 0 spiro atoms. The van der Waals surface area contributed by atoms with Gasteiger partial charge in [-0.05, 0) is 49.2 Å². The highest BCUT2D eigenvalue weighted by molar-refractivity contribution is 7.89. The molecule has 130 valence electrons. The van der Waals surface area contributed by atoms with Gasteiger partial charge in [0, 0.05) is 16.6 Å². The summed E-state index contributed by atoms with van der Waals surface area (Å²) in [4.78, 5) is 12.3. The quantitative estimate of drug-likeness (QED) is 0.748. The van der Waals surface area contributed by atoms with E-state index in [2.05, 4.69) is 5.32 Å². The van der Waals surface area contributed by atoms with Gasteiger partial charge < -0.3 is 9.73 Å². The standard InChI is InChI=1S/C18H18N2O4S/c1-11-3-8-16-13(10-24-18(16)12(11)2)9-17(21)20-14-4-6-15(7-5-14)25(19,22)23/h3-8,10H,9H2,1-2H3,(H,20,21)(H2,19,22,23). The monoisotopic (exact) mass is 358 g/mol. The number of anilines is 1. The molecule has 0 unspecified atom stereocenters. The maximum absolute atomic E-state index is 12.3. The van der Waals surface area contributed by atoms with Crippen LogP contribution in [-0.4, -0.2) is 14.3 Å². The van der Waals surface area contributed by atoms with E-state index in [9.17, 15) is 13.2 Å². The number of nitrogens with one attached hydrogen (secondary N) is 1. The number of aryl methyl sites for hydroxylation is 2. The molecular formula is C18H18N2O4S. The molecule has 0 saturated heterocycles.